The molecule has 0 heterocycles. The second-order valence-corrected chi connectivity index (χ2v) is 14.7. The Morgan fingerprint density at radius 2 is 1.02 bits per heavy atom. The summed E-state index contributed by atoms with van der Waals surface area (Å²) >= 11 is 0. The molecule has 2 atom stereocenters. The highest BCUT2D eigenvalue weighted by molar-refractivity contribution is 5.87. The Kier molecular flexibility index (Phi) is 38.6. The summed E-state index contributed by atoms with van der Waals surface area (Å²) in [5.41, 5.74) is 0. The van der Waals surface area contributed by atoms with Gasteiger partial charge in [0.15, 0.2) is 0 Å². The second kappa shape index (κ2) is 41.2. The number of carbonyl (C=O) groups excluding carboxylic acids is 3. The highest BCUT2D eigenvalue weighted by Gasteiger charge is 2.19. The molecule has 9 nitrogen and oxygen atoms in total. The van der Waals surface area contributed by atoms with Crippen LogP contribution in [0.15, 0.2) is 60.8 Å². The van der Waals surface area contributed by atoms with Crippen LogP contribution < -0.4 is 10.6 Å². The fraction of sp³-hybridized carbons (Fsp3) is 0.702. The van der Waals surface area contributed by atoms with Gasteiger partial charge in [-0.1, -0.05) is 132 Å². The number of carboxylic acid groups (broad SMARTS) is 1. The number of unbranched alkanes of at least 4 members (excludes halogenated alkanes) is 15. The molecular formula is C47H80N2O7. The van der Waals surface area contributed by atoms with Crippen LogP contribution >= 0.6 is 0 Å². The molecule has 9 heteroatoms. The summed E-state index contributed by atoms with van der Waals surface area (Å²) in [5.74, 6) is -2.35. The fourth-order valence-electron chi connectivity index (χ4n) is 6.11. The Balaban J connectivity index is 4.45. The van der Waals surface area contributed by atoms with Gasteiger partial charge in [-0.3, -0.25) is 14.4 Å². The molecule has 0 aromatic heterocycles. The number of hydrogen-bond acceptors (Lipinski definition) is 6. The van der Waals surface area contributed by atoms with Crippen molar-refractivity contribution in [3.8, 4) is 0 Å². The maximum absolute atomic E-state index is 12.8. The van der Waals surface area contributed by atoms with E-state index in [4.69, 9.17) is 14.9 Å². The van der Waals surface area contributed by atoms with Gasteiger partial charge in [0.2, 0.25) is 11.8 Å². The number of aliphatic hydroxyl groups excluding tert-OH is 1. The van der Waals surface area contributed by atoms with Crippen LogP contribution in [0.1, 0.15) is 187 Å². The number of hydrogen-bond donors (Lipinski definition) is 4. The van der Waals surface area contributed by atoms with Crippen LogP contribution in [0.4, 0.5) is 0 Å². The minimum absolute atomic E-state index is 0.0536. The van der Waals surface area contributed by atoms with Gasteiger partial charge in [-0.05, 0) is 103 Å². The molecule has 0 rings (SSSR count). The molecule has 0 aliphatic carbocycles. The van der Waals surface area contributed by atoms with Crippen LogP contribution in [0, 0.1) is 0 Å². The van der Waals surface area contributed by atoms with E-state index in [9.17, 15) is 19.2 Å². The molecule has 0 spiro atoms. The number of carbonyl (C=O) groups is 4. The van der Waals surface area contributed by atoms with Gasteiger partial charge in [0.05, 0.1) is 13.2 Å². The van der Waals surface area contributed by atoms with E-state index in [1.165, 1.54) is 38.5 Å². The molecule has 0 aliphatic heterocycles. The van der Waals surface area contributed by atoms with Crippen molar-refractivity contribution < 1.29 is 34.1 Å². The zero-order valence-corrected chi connectivity index (χ0v) is 35.4. The first kappa shape index (κ1) is 52.5. The van der Waals surface area contributed by atoms with E-state index in [0.717, 1.165) is 116 Å². The summed E-state index contributed by atoms with van der Waals surface area (Å²) in [7, 11) is 0. The molecule has 0 fully saturated rings. The third-order valence-corrected chi connectivity index (χ3v) is 9.50. The van der Waals surface area contributed by atoms with E-state index in [1.807, 2.05) is 0 Å². The van der Waals surface area contributed by atoms with Crippen LogP contribution in [0.5, 0.6) is 0 Å². The molecule has 4 N–H and O–H groups in total. The largest absolute Gasteiger partial charge is 0.480 e. The normalized spacial score (nSPS) is 13.1. The number of aliphatic carboxylic acids is 1. The number of nitrogens with one attached hydrogen (secondary N) is 2. The first-order valence-corrected chi connectivity index (χ1v) is 22.2. The number of esters is 1. The van der Waals surface area contributed by atoms with Crippen molar-refractivity contribution in [2.45, 2.75) is 199 Å². The molecule has 320 valence electrons. The van der Waals surface area contributed by atoms with Crippen molar-refractivity contribution in [3.63, 3.8) is 0 Å². The Labute approximate surface area is 341 Å². The predicted octanol–water partition coefficient (Wildman–Crippen LogP) is 10.9. The minimum atomic E-state index is -1.39. The first-order valence-electron chi connectivity index (χ1n) is 22.2. The SMILES string of the molecule is CC/C=C\C/C=C\C/C=C\CCCCCC(=O)OC(CCCCC/C=C\C/C=C\CCCCCCC)CCCCCCCC(=O)NCC(=O)NC(CO)C(=O)O. The van der Waals surface area contributed by atoms with Crippen LogP contribution in [-0.4, -0.2) is 59.3 Å². The van der Waals surface area contributed by atoms with Gasteiger partial charge in [0.1, 0.15) is 12.1 Å². The molecule has 2 amide bonds. The zero-order valence-electron chi connectivity index (χ0n) is 35.4. The number of amides is 2. The fourth-order valence-corrected chi connectivity index (χ4v) is 6.11. The quantitative estimate of drug-likeness (QED) is 0.0276. The molecule has 2 unspecified atom stereocenters. The maximum Gasteiger partial charge on any atom is 0.328 e. The minimum Gasteiger partial charge on any atom is -0.480 e. The summed E-state index contributed by atoms with van der Waals surface area (Å²) in [6, 6.07) is -1.39. The van der Waals surface area contributed by atoms with Crippen LogP contribution in [0.3, 0.4) is 0 Å². The van der Waals surface area contributed by atoms with E-state index in [-0.39, 0.29) is 30.9 Å². The first-order chi connectivity index (χ1) is 27.3. The van der Waals surface area contributed by atoms with E-state index < -0.39 is 24.5 Å². The number of aliphatic hydroxyl groups is 1. The lowest BCUT2D eigenvalue weighted by Gasteiger charge is -2.18. The van der Waals surface area contributed by atoms with Crippen molar-refractivity contribution in [3.05, 3.63) is 60.8 Å². The van der Waals surface area contributed by atoms with E-state index >= 15 is 0 Å². The van der Waals surface area contributed by atoms with Crippen molar-refractivity contribution in [2.24, 2.45) is 0 Å². The number of carboxylic acids is 1. The molecule has 0 aliphatic rings. The Hall–Kier alpha value is -3.46. The number of allylic oxidation sites excluding steroid dienone is 10. The van der Waals surface area contributed by atoms with Crippen LogP contribution in [0.2, 0.25) is 0 Å². The van der Waals surface area contributed by atoms with Gasteiger partial charge in [0, 0.05) is 12.8 Å². The Morgan fingerprint density at radius 3 is 1.57 bits per heavy atom. The molecule has 0 saturated heterocycles. The topological polar surface area (TPSA) is 142 Å². The molecule has 0 aromatic carbocycles. The van der Waals surface area contributed by atoms with Crippen molar-refractivity contribution >= 4 is 23.8 Å². The second-order valence-electron chi connectivity index (χ2n) is 14.7. The lowest BCUT2D eigenvalue weighted by Crippen LogP contribution is -2.47. The molecule has 56 heavy (non-hydrogen) atoms. The van der Waals surface area contributed by atoms with Gasteiger partial charge in [-0.15, -0.1) is 0 Å². The van der Waals surface area contributed by atoms with Gasteiger partial charge < -0.3 is 25.6 Å². The lowest BCUT2D eigenvalue weighted by atomic mass is 10.0. The average molecular weight is 785 g/mol. The summed E-state index contributed by atoms with van der Waals surface area (Å²) in [6.07, 6.45) is 49.6. The van der Waals surface area contributed by atoms with E-state index in [1.54, 1.807) is 0 Å². The zero-order chi connectivity index (χ0) is 41.2. The van der Waals surface area contributed by atoms with Gasteiger partial charge in [0.25, 0.3) is 0 Å². The van der Waals surface area contributed by atoms with Gasteiger partial charge >= 0.3 is 11.9 Å². The number of ether oxygens (including phenoxy) is 1. The molecule has 0 aromatic rings. The van der Waals surface area contributed by atoms with Gasteiger partial charge in [-0.25, -0.2) is 4.79 Å². The molecule has 0 radical (unpaired) electrons. The van der Waals surface area contributed by atoms with Crippen molar-refractivity contribution in [1.82, 2.24) is 10.6 Å². The molecular weight excluding hydrogens is 705 g/mol. The Morgan fingerprint density at radius 1 is 0.554 bits per heavy atom. The smallest absolute Gasteiger partial charge is 0.328 e. The molecule has 0 bridgehead atoms. The van der Waals surface area contributed by atoms with Gasteiger partial charge in [-0.2, -0.15) is 0 Å². The lowest BCUT2D eigenvalue weighted by molar-refractivity contribution is -0.150. The predicted molar refractivity (Wildman–Crippen MR) is 231 cm³/mol. The maximum atomic E-state index is 12.8. The highest BCUT2D eigenvalue weighted by Crippen LogP contribution is 2.18. The van der Waals surface area contributed by atoms with Crippen LogP contribution in [0.25, 0.3) is 0 Å². The average Bonchev–Trinajstić information content (AvgIpc) is 3.18. The van der Waals surface area contributed by atoms with E-state index in [2.05, 4.69) is 85.2 Å². The highest BCUT2D eigenvalue weighted by atomic mass is 16.5. The van der Waals surface area contributed by atoms with Crippen molar-refractivity contribution in [2.75, 3.05) is 13.2 Å². The Bertz CT molecular complexity index is 1130. The monoisotopic (exact) mass is 785 g/mol. The van der Waals surface area contributed by atoms with E-state index in [0.29, 0.717) is 12.8 Å². The standard InChI is InChI=1S/C47H80N2O7/c1-3-5-7-9-11-13-15-17-18-20-21-23-25-28-32-36-42(56-46(53)39-35-31-26-24-22-19-16-14-12-10-8-6-4-2)37-33-29-27-30-34-38-44(51)48-40-45(52)49-43(41-50)47(54)55/h6,8,12,14-15,17,19-22,42-43,50H,3-5,7,9-11,13,16,18,23-41H2,1-2H3,(H,48,51)(H,49,52)(H,54,55)/b8-6-,14-12-,17-15-,21-20-,22-19-. The summed E-state index contributed by atoms with van der Waals surface area (Å²) in [5, 5.41) is 22.6. The summed E-state index contributed by atoms with van der Waals surface area (Å²) in [4.78, 5) is 47.6. The third-order valence-electron chi connectivity index (χ3n) is 9.50. The van der Waals surface area contributed by atoms with Crippen molar-refractivity contribution in [1.29, 1.82) is 0 Å². The third kappa shape index (κ3) is 37.5. The summed E-state index contributed by atoms with van der Waals surface area (Å²) < 4.78 is 6.01. The van der Waals surface area contributed by atoms with Crippen LogP contribution in [-0.2, 0) is 23.9 Å². The summed E-state index contributed by atoms with van der Waals surface area (Å²) in [6.45, 7) is 3.35. The molecule has 0 saturated carbocycles. The number of rotatable bonds is 39.